The van der Waals surface area contributed by atoms with Gasteiger partial charge in [0.1, 0.15) is 27.2 Å². The van der Waals surface area contributed by atoms with E-state index in [0.717, 1.165) is 29.0 Å². The summed E-state index contributed by atoms with van der Waals surface area (Å²) in [6.07, 6.45) is 3.21. The molecule has 2 heterocycles. The van der Waals surface area contributed by atoms with Gasteiger partial charge in [-0.3, -0.25) is 9.78 Å². The van der Waals surface area contributed by atoms with Gasteiger partial charge in [0.15, 0.2) is 5.15 Å². The van der Waals surface area contributed by atoms with Crippen molar-refractivity contribution >= 4 is 33.8 Å². The van der Waals surface area contributed by atoms with Crippen molar-refractivity contribution in [1.82, 2.24) is 9.97 Å². The highest BCUT2D eigenvalue weighted by molar-refractivity contribution is 7.19. The first-order valence-corrected chi connectivity index (χ1v) is 7.58. The molecule has 0 fully saturated rings. The highest BCUT2D eigenvalue weighted by Gasteiger charge is 2.20. The third-order valence-corrected chi connectivity index (χ3v) is 4.32. The maximum atomic E-state index is 13.6. The van der Waals surface area contributed by atoms with Gasteiger partial charge in [0.2, 0.25) is 0 Å². The number of benzene rings is 1. The summed E-state index contributed by atoms with van der Waals surface area (Å²) in [6.45, 7) is 0. The highest BCUT2D eigenvalue weighted by Crippen LogP contribution is 2.35. The number of thiazole rings is 1. The van der Waals surface area contributed by atoms with Gasteiger partial charge in [-0.15, -0.1) is 0 Å². The van der Waals surface area contributed by atoms with E-state index in [2.05, 4.69) is 15.3 Å². The van der Waals surface area contributed by atoms with E-state index in [1.165, 1.54) is 6.07 Å². The van der Waals surface area contributed by atoms with E-state index in [9.17, 15) is 13.6 Å². The van der Waals surface area contributed by atoms with Crippen molar-refractivity contribution < 1.29 is 13.6 Å². The molecule has 0 aliphatic rings. The van der Waals surface area contributed by atoms with E-state index in [1.807, 2.05) is 0 Å². The first-order chi connectivity index (χ1) is 11.1. The van der Waals surface area contributed by atoms with E-state index < -0.39 is 23.1 Å². The van der Waals surface area contributed by atoms with Crippen LogP contribution in [0.15, 0.2) is 42.7 Å². The van der Waals surface area contributed by atoms with E-state index in [1.54, 1.807) is 24.5 Å². The summed E-state index contributed by atoms with van der Waals surface area (Å²) in [7, 11) is 0. The third kappa shape index (κ3) is 3.20. The number of rotatable bonds is 3. The number of halogens is 3. The molecule has 8 heteroatoms. The number of nitrogens with one attached hydrogen (secondary N) is 1. The number of hydrogen-bond acceptors (Lipinski definition) is 4. The number of anilines is 1. The summed E-state index contributed by atoms with van der Waals surface area (Å²) in [5.41, 5.74) is 0.0527. The summed E-state index contributed by atoms with van der Waals surface area (Å²) in [5.74, 6) is -2.82. The van der Waals surface area contributed by atoms with Crippen molar-refractivity contribution in [1.29, 1.82) is 0 Å². The average molecular weight is 352 g/mol. The number of pyridine rings is 1. The Bertz CT molecular complexity index is 850. The molecule has 0 aliphatic carbocycles. The topological polar surface area (TPSA) is 54.9 Å². The lowest BCUT2D eigenvalue weighted by Crippen LogP contribution is -2.15. The van der Waals surface area contributed by atoms with Gasteiger partial charge in [-0.25, -0.2) is 13.8 Å². The second kappa shape index (κ2) is 6.39. The molecule has 0 saturated carbocycles. The monoisotopic (exact) mass is 351 g/mol. The maximum absolute atomic E-state index is 13.6. The van der Waals surface area contributed by atoms with Gasteiger partial charge in [-0.05, 0) is 24.3 Å². The summed E-state index contributed by atoms with van der Waals surface area (Å²) < 4.78 is 27.2. The molecule has 4 nitrogen and oxygen atoms in total. The number of hydrogen-bond donors (Lipinski definition) is 1. The zero-order valence-corrected chi connectivity index (χ0v) is 13.0. The molecule has 0 unspecified atom stereocenters. The van der Waals surface area contributed by atoms with Crippen LogP contribution in [0.5, 0.6) is 0 Å². The van der Waals surface area contributed by atoms with Crippen LogP contribution < -0.4 is 5.32 Å². The normalized spacial score (nSPS) is 10.6. The maximum Gasteiger partial charge on any atom is 0.262 e. The SMILES string of the molecule is O=C(Nc1sc(-c2cccnc2)nc1Cl)c1c(F)cccc1F. The van der Waals surface area contributed by atoms with Crippen LogP contribution >= 0.6 is 22.9 Å². The smallest absolute Gasteiger partial charge is 0.262 e. The molecule has 0 saturated heterocycles. The van der Waals surface area contributed by atoms with Crippen molar-refractivity contribution in [2.24, 2.45) is 0 Å². The first kappa shape index (κ1) is 15.5. The van der Waals surface area contributed by atoms with Gasteiger partial charge in [0.25, 0.3) is 5.91 Å². The van der Waals surface area contributed by atoms with Crippen molar-refractivity contribution in [2.75, 3.05) is 5.32 Å². The minimum absolute atomic E-state index is 0.0407. The minimum Gasteiger partial charge on any atom is -0.311 e. The van der Waals surface area contributed by atoms with Gasteiger partial charge < -0.3 is 5.32 Å². The largest absolute Gasteiger partial charge is 0.311 e. The Morgan fingerprint density at radius 1 is 1.17 bits per heavy atom. The molecule has 0 bridgehead atoms. The second-order valence-electron chi connectivity index (χ2n) is 4.43. The summed E-state index contributed by atoms with van der Waals surface area (Å²) in [4.78, 5) is 20.2. The van der Waals surface area contributed by atoms with Crippen molar-refractivity contribution in [2.45, 2.75) is 0 Å². The number of carbonyl (C=O) groups excluding carboxylic acids is 1. The molecule has 3 aromatic rings. The third-order valence-electron chi connectivity index (χ3n) is 2.91. The Morgan fingerprint density at radius 3 is 2.57 bits per heavy atom. The molecule has 23 heavy (non-hydrogen) atoms. The molecule has 1 amide bonds. The Balaban J connectivity index is 1.89. The van der Waals surface area contributed by atoms with Gasteiger partial charge in [-0.1, -0.05) is 29.0 Å². The van der Waals surface area contributed by atoms with Crippen LogP contribution in [0, 0.1) is 11.6 Å². The molecule has 2 aromatic heterocycles. The Hall–Kier alpha value is -2.38. The fourth-order valence-electron chi connectivity index (χ4n) is 1.87. The van der Waals surface area contributed by atoms with Crippen LogP contribution in [0.1, 0.15) is 10.4 Å². The molecule has 116 valence electrons. The fraction of sp³-hybridized carbons (Fsp3) is 0. The Morgan fingerprint density at radius 2 is 1.91 bits per heavy atom. The molecule has 0 spiro atoms. The summed E-state index contributed by atoms with van der Waals surface area (Å²) in [6, 6.07) is 6.71. The van der Waals surface area contributed by atoms with Crippen LogP contribution in [0.25, 0.3) is 10.6 Å². The van der Waals surface area contributed by atoms with Gasteiger partial charge in [0.05, 0.1) is 0 Å². The van der Waals surface area contributed by atoms with Crippen molar-refractivity contribution in [3.05, 3.63) is 65.1 Å². The molecule has 1 aromatic carbocycles. The van der Waals surface area contributed by atoms with Crippen LogP contribution in [0.3, 0.4) is 0 Å². The lowest BCUT2D eigenvalue weighted by molar-refractivity contribution is 0.101. The van der Waals surface area contributed by atoms with Gasteiger partial charge in [-0.2, -0.15) is 0 Å². The fourth-order valence-corrected chi connectivity index (χ4v) is 3.01. The summed E-state index contributed by atoms with van der Waals surface area (Å²) in [5, 5.41) is 3.17. The zero-order chi connectivity index (χ0) is 16.4. The van der Waals surface area contributed by atoms with Crippen LogP contribution in [-0.4, -0.2) is 15.9 Å². The van der Waals surface area contributed by atoms with Crippen molar-refractivity contribution in [3.63, 3.8) is 0 Å². The first-order valence-electron chi connectivity index (χ1n) is 6.38. The lowest BCUT2D eigenvalue weighted by atomic mass is 10.2. The lowest BCUT2D eigenvalue weighted by Gasteiger charge is -2.05. The molecular formula is C15H8ClF2N3OS. The number of nitrogens with zero attached hydrogens (tertiary/aromatic N) is 2. The number of aromatic nitrogens is 2. The van der Waals surface area contributed by atoms with E-state index >= 15 is 0 Å². The minimum atomic E-state index is -0.948. The summed E-state index contributed by atoms with van der Waals surface area (Å²) >= 11 is 7.07. The zero-order valence-electron chi connectivity index (χ0n) is 11.4. The predicted molar refractivity (Wildman–Crippen MR) is 84.7 cm³/mol. The molecule has 1 N–H and O–H groups in total. The molecule has 0 atom stereocenters. The molecule has 0 radical (unpaired) electrons. The van der Waals surface area contributed by atoms with E-state index in [4.69, 9.17) is 11.6 Å². The molecular weight excluding hydrogens is 344 g/mol. The van der Waals surface area contributed by atoms with Gasteiger partial charge >= 0.3 is 0 Å². The highest BCUT2D eigenvalue weighted by atomic mass is 35.5. The van der Waals surface area contributed by atoms with Crippen LogP contribution in [-0.2, 0) is 0 Å². The standard InChI is InChI=1S/C15H8ClF2N3OS/c16-12-15(23-14(20-12)8-3-2-6-19-7-8)21-13(22)11-9(17)4-1-5-10(11)18/h1-7H,(H,21,22). The molecule has 0 aliphatic heterocycles. The number of amides is 1. The van der Waals surface area contributed by atoms with Crippen LogP contribution in [0.4, 0.5) is 13.8 Å². The predicted octanol–water partition coefficient (Wildman–Crippen LogP) is 4.39. The Kier molecular flexibility index (Phi) is 4.31. The Labute approximate surface area is 138 Å². The number of carbonyl (C=O) groups is 1. The van der Waals surface area contributed by atoms with E-state index in [-0.39, 0.29) is 10.2 Å². The quantitative estimate of drug-likeness (QED) is 0.761. The van der Waals surface area contributed by atoms with Gasteiger partial charge in [0, 0.05) is 18.0 Å². The van der Waals surface area contributed by atoms with E-state index in [0.29, 0.717) is 5.01 Å². The molecule has 3 rings (SSSR count). The second-order valence-corrected chi connectivity index (χ2v) is 5.79. The average Bonchev–Trinajstić information content (AvgIpc) is 2.89. The van der Waals surface area contributed by atoms with Crippen LogP contribution in [0.2, 0.25) is 5.15 Å². The van der Waals surface area contributed by atoms with Crippen molar-refractivity contribution in [3.8, 4) is 10.6 Å².